The van der Waals surface area contributed by atoms with Crippen molar-refractivity contribution in [2.45, 2.75) is 58.5 Å². The van der Waals surface area contributed by atoms with Crippen molar-refractivity contribution in [1.29, 1.82) is 0 Å². The number of carbonyl (C=O) groups is 1. The minimum absolute atomic E-state index is 0.0368. The van der Waals surface area contributed by atoms with Crippen molar-refractivity contribution in [2.24, 2.45) is 0 Å². The van der Waals surface area contributed by atoms with Crippen molar-refractivity contribution in [3.05, 3.63) is 88.5 Å². The van der Waals surface area contributed by atoms with Crippen LogP contribution in [0.2, 0.25) is 39.3 Å². The lowest BCUT2D eigenvalue weighted by Crippen LogP contribution is -2.37. The van der Waals surface area contributed by atoms with Crippen LogP contribution in [0, 0.1) is 13.8 Å². The van der Waals surface area contributed by atoms with E-state index in [0.29, 0.717) is 0 Å². The number of rotatable bonds is 6. The van der Waals surface area contributed by atoms with E-state index < -0.39 is 22.0 Å². The number of fused-ring (bicyclic) bond motifs is 1. The van der Waals surface area contributed by atoms with Gasteiger partial charge >= 0.3 is 0 Å². The number of hydrogen-bond donors (Lipinski definition) is 1. The minimum Gasteiger partial charge on any atom is -0.544 e. The first-order chi connectivity index (χ1) is 15.8. The standard InChI is InChI=1S/C28H35NO3Si2/c1-19-17-21(13-15-25(19)31-33(3,4)5)28(23-11-9-10-12-24(23)29-27(28)30)22-14-16-26(20(2)18-22)32-34(6,7)8/h9-18H,1-8H3,(H,29,30). The summed E-state index contributed by atoms with van der Waals surface area (Å²) in [5.74, 6) is 1.74. The zero-order valence-electron chi connectivity index (χ0n) is 21.5. The Labute approximate surface area is 205 Å². The molecule has 1 aliphatic rings. The molecule has 0 bridgehead atoms. The highest BCUT2D eigenvalue weighted by Crippen LogP contribution is 2.49. The molecule has 3 aromatic carbocycles. The van der Waals surface area contributed by atoms with Gasteiger partial charge in [-0.15, -0.1) is 0 Å². The van der Waals surface area contributed by atoms with E-state index in [1.807, 2.05) is 42.5 Å². The van der Waals surface area contributed by atoms with Gasteiger partial charge in [-0.2, -0.15) is 0 Å². The summed E-state index contributed by atoms with van der Waals surface area (Å²) in [7, 11) is -3.51. The van der Waals surface area contributed by atoms with E-state index >= 15 is 0 Å². The molecule has 0 atom stereocenters. The summed E-state index contributed by atoms with van der Waals surface area (Å²) < 4.78 is 12.6. The van der Waals surface area contributed by atoms with Gasteiger partial charge in [0.05, 0.1) is 0 Å². The Balaban J connectivity index is 1.92. The summed E-state index contributed by atoms with van der Waals surface area (Å²) in [5, 5.41) is 3.14. The Bertz CT molecular complexity index is 1190. The molecule has 0 saturated heterocycles. The molecule has 4 rings (SSSR count). The summed E-state index contributed by atoms with van der Waals surface area (Å²) >= 11 is 0. The zero-order valence-corrected chi connectivity index (χ0v) is 23.5. The van der Waals surface area contributed by atoms with E-state index in [1.54, 1.807) is 0 Å². The molecule has 0 saturated carbocycles. The highest BCUT2D eigenvalue weighted by atomic mass is 28.4. The highest BCUT2D eigenvalue weighted by Gasteiger charge is 2.50. The van der Waals surface area contributed by atoms with E-state index in [-0.39, 0.29) is 5.91 Å². The Kier molecular flexibility index (Phi) is 6.02. The van der Waals surface area contributed by atoms with Gasteiger partial charge in [-0.25, -0.2) is 0 Å². The quantitative estimate of drug-likeness (QED) is 0.379. The van der Waals surface area contributed by atoms with Crippen molar-refractivity contribution in [3.8, 4) is 11.5 Å². The van der Waals surface area contributed by atoms with Crippen molar-refractivity contribution < 1.29 is 13.6 Å². The summed E-state index contributed by atoms with van der Waals surface area (Å²) in [6.45, 7) is 17.2. The summed E-state index contributed by atoms with van der Waals surface area (Å²) in [4.78, 5) is 13.8. The molecule has 0 aromatic heterocycles. The first-order valence-corrected chi connectivity index (χ1v) is 18.6. The van der Waals surface area contributed by atoms with Crippen molar-refractivity contribution in [3.63, 3.8) is 0 Å². The molecule has 1 heterocycles. The number of carbonyl (C=O) groups excluding carboxylic acids is 1. The van der Waals surface area contributed by atoms with Crippen molar-refractivity contribution >= 4 is 28.2 Å². The third-order valence-corrected chi connectivity index (χ3v) is 7.63. The number of nitrogens with one attached hydrogen (secondary N) is 1. The number of benzene rings is 3. The molecule has 34 heavy (non-hydrogen) atoms. The molecule has 6 heteroatoms. The lowest BCUT2D eigenvalue weighted by Gasteiger charge is -2.31. The van der Waals surface area contributed by atoms with E-state index in [4.69, 9.17) is 8.85 Å². The summed E-state index contributed by atoms with van der Waals surface area (Å²) in [5.41, 5.74) is 4.83. The van der Waals surface area contributed by atoms with Gasteiger partial charge in [-0.05, 0) is 93.6 Å². The molecule has 1 amide bonds. The first-order valence-electron chi connectivity index (χ1n) is 11.8. The van der Waals surface area contributed by atoms with Gasteiger partial charge in [-0.1, -0.05) is 42.5 Å². The fourth-order valence-corrected chi connectivity index (χ4v) is 6.43. The maximum absolute atomic E-state index is 13.8. The van der Waals surface area contributed by atoms with Gasteiger partial charge in [0.25, 0.3) is 0 Å². The number of para-hydroxylation sites is 1. The summed E-state index contributed by atoms with van der Waals surface area (Å²) in [6.07, 6.45) is 0. The average Bonchev–Trinajstić information content (AvgIpc) is 3.02. The van der Waals surface area contributed by atoms with E-state index in [0.717, 1.165) is 45.0 Å². The molecular formula is C28H35NO3Si2. The van der Waals surface area contributed by atoms with Crippen molar-refractivity contribution in [1.82, 2.24) is 0 Å². The van der Waals surface area contributed by atoms with Gasteiger partial charge in [0, 0.05) is 11.3 Å². The number of hydrogen-bond acceptors (Lipinski definition) is 3. The van der Waals surface area contributed by atoms with E-state index in [9.17, 15) is 4.79 Å². The number of anilines is 1. The van der Waals surface area contributed by atoms with E-state index in [2.05, 4.69) is 76.6 Å². The highest BCUT2D eigenvalue weighted by molar-refractivity contribution is 6.70. The molecule has 1 aliphatic heterocycles. The summed E-state index contributed by atoms with van der Waals surface area (Å²) in [6, 6.07) is 20.3. The van der Waals surface area contributed by atoms with Crippen LogP contribution in [-0.2, 0) is 10.2 Å². The monoisotopic (exact) mass is 489 g/mol. The van der Waals surface area contributed by atoms with Crippen LogP contribution in [0.25, 0.3) is 0 Å². The second-order valence-electron chi connectivity index (χ2n) is 11.1. The van der Waals surface area contributed by atoms with Gasteiger partial charge < -0.3 is 14.2 Å². The zero-order chi connectivity index (χ0) is 24.9. The average molecular weight is 490 g/mol. The largest absolute Gasteiger partial charge is 0.544 e. The van der Waals surface area contributed by atoms with Gasteiger partial charge in [-0.3, -0.25) is 4.79 Å². The Morgan fingerprint density at radius 1 is 0.706 bits per heavy atom. The lowest BCUT2D eigenvalue weighted by molar-refractivity contribution is -0.118. The van der Waals surface area contributed by atoms with Crippen LogP contribution in [-0.4, -0.2) is 22.5 Å². The van der Waals surface area contributed by atoms with Gasteiger partial charge in [0.15, 0.2) is 0 Å². The predicted octanol–water partition coefficient (Wildman–Crippen LogP) is 7.02. The fourth-order valence-electron chi connectivity index (χ4n) is 4.65. The molecule has 0 spiro atoms. The lowest BCUT2D eigenvalue weighted by atomic mass is 9.69. The van der Waals surface area contributed by atoms with Crippen LogP contribution < -0.4 is 14.2 Å². The maximum Gasteiger partial charge on any atom is 0.244 e. The van der Waals surface area contributed by atoms with Crippen LogP contribution in [0.15, 0.2) is 60.7 Å². The van der Waals surface area contributed by atoms with Gasteiger partial charge in [0.1, 0.15) is 16.9 Å². The van der Waals surface area contributed by atoms with Crippen molar-refractivity contribution in [2.75, 3.05) is 5.32 Å². The number of amides is 1. The molecular weight excluding hydrogens is 454 g/mol. The Morgan fingerprint density at radius 3 is 1.62 bits per heavy atom. The van der Waals surface area contributed by atoms with Crippen LogP contribution >= 0.6 is 0 Å². The molecule has 0 aliphatic carbocycles. The topological polar surface area (TPSA) is 47.6 Å². The molecule has 0 fully saturated rings. The third-order valence-electron chi connectivity index (χ3n) is 5.97. The van der Waals surface area contributed by atoms with Crippen LogP contribution in [0.5, 0.6) is 11.5 Å². The first kappa shape index (κ1) is 24.3. The second kappa shape index (κ2) is 8.43. The number of aryl methyl sites for hydroxylation is 2. The SMILES string of the molecule is Cc1cc(C2(c3ccc(O[Si](C)(C)C)c(C)c3)C(=O)Nc3ccccc32)ccc1O[Si](C)(C)C. The minimum atomic E-state index is -1.76. The molecule has 1 N–H and O–H groups in total. The van der Waals surface area contributed by atoms with Gasteiger partial charge in [0.2, 0.25) is 22.5 Å². The maximum atomic E-state index is 13.8. The molecule has 178 valence electrons. The Morgan fingerprint density at radius 2 is 1.18 bits per heavy atom. The van der Waals surface area contributed by atoms with Crippen LogP contribution in [0.3, 0.4) is 0 Å². The molecule has 0 radical (unpaired) electrons. The third kappa shape index (κ3) is 4.44. The smallest absolute Gasteiger partial charge is 0.244 e. The molecule has 0 unspecified atom stereocenters. The van der Waals surface area contributed by atoms with Crippen LogP contribution in [0.1, 0.15) is 27.8 Å². The molecule has 4 nitrogen and oxygen atoms in total. The molecule has 3 aromatic rings. The normalized spacial score (nSPS) is 15.0. The van der Waals surface area contributed by atoms with E-state index in [1.165, 1.54) is 0 Å². The predicted molar refractivity (Wildman–Crippen MR) is 145 cm³/mol. The Hall–Kier alpha value is -2.84. The second-order valence-corrected chi connectivity index (χ2v) is 20.0. The fraction of sp³-hybridized carbons (Fsp3) is 0.321. The van der Waals surface area contributed by atoms with Crippen LogP contribution in [0.4, 0.5) is 5.69 Å².